The van der Waals surface area contributed by atoms with Crippen LogP contribution in [-0.2, 0) is 0 Å². The van der Waals surface area contributed by atoms with Crippen LogP contribution in [0.25, 0.3) is 0 Å². The summed E-state index contributed by atoms with van der Waals surface area (Å²) in [5.74, 6) is 0. The Morgan fingerprint density at radius 3 is 2.17 bits per heavy atom. The molecule has 0 aromatic rings. The number of aliphatic hydroxyl groups excluding tert-OH is 2. The Bertz CT molecular complexity index is 198. The largest absolute Gasteiger partial charge is 0.386 e. The third-order valence-corrected chi connectivity index (χ3v) is 1.86. The first kappa shape index (κ1) is 11.1. The molecule has 0 amide bonds. The minimum Gasteiger partial charge on any atom is -0.386 e. The lowest BCUT2D eigenvalue weighted by molar-refractivity contribution is 0.0681. The SMILES string of the molecule is C=CC(=C)C(O)C(O)C(C)=CC. The van der Waals surface area contributed by atoms with Crippen molar-refractivity contribution in [3.63, 3.8) is 0 Å². The van der Waals surface area contributed by atoms with Gasteiger partial charge in [0.05, 0.1) is 0 Å². The van der Waals surface area contributed by atoms with Crippen LogP contribution in [0.4, 0.5) is 0 Å². The minimum absolute atomic E-state index is 0.434. The van der Waals surface area contributed by atoms with Crippen LogP contribution in [0.1, 0.15) is 13.8 Å². The summed E-state index contributed by atoms with van der Waals surface area (Å²) in [7, 11) is 0. The van der Waals surface area contributed by atoms with Gasteiger partial charge in [0.15, 0.2) is 0 Å². The van der Waals surface area contributed by atoms with Crippen molar-refractivity contribution in [2.45, 2.75) is 26.1 Å². The molecule has 0 saturated heterocycles. The monoisotopic (exact) mass is 168 g/mol. The highest BCUT2D eigenvalue weighted by molar-refractivity contribution is 5.22. The summed E-state index contributed by atoms with van der Waals surface area (Å²) in [5.41, 5.74) is 1.16. The predicted molar refractivity (Wildman–Crippen MR) is 50.8 cm³/mol. The summed E-state index contributed by atoms with van der Waals surface area (Å²) in [5, 5.41) is 18.9. The van der Waals surface area contributed by atoms with Crippen LogP contribution in [0.5, 0.6) is 0 Å². The van der Waals surface area contributed by atoms with E-state index >= 15 is 0 Å². The molecular formula is C10H16O2. The smallest absolute Gasteiger partial charge is 0.108 e. The molecule has 0 bridgehead atoms. The normalized spacial score (nSPS) is 16.8. The summed E-state index contributed by atoms with van der Waals surface area (Å²) >= 11 is 0. The van der Waals surface area contributed by atoms with E-state index in [1.54, 1.807) is 13.0 Å². The third-order valence-electron chi connectivity index (χ3n) is 1.86. The van der Waals surface area contributed by atoms with Crippen LogP contribution in [0, 0.1) is 0 Å². The Labute approximate surface area is 73.5 Å². The number of hydrogen-bond acceptors (Lipinski definition) is 2. The summed E-state index contributed by atoms with van der Waals surface area (Å²) in [6, 6.07) is 0. The molecule has 2 atom stereocenters. The number of rotatable bonds is 4. The van der Waals surface area contributed by atoms with Crippen LogP contribution < -0.4 is 0 Å². The van der Waals surface area contributed by atoms with Crippen molar-refractivity contribution < 1.29 is 10.2 Å². The van der Waals surface area contributed by atoms with Crippen molar-refractivity contribution in [2.75, 3.05) is 0 Å². The molecule has 0 aromatic carbocycles. The lowest BCUT2D eigenvalue weighted by Crippen LogP contribution is -2.27. The van der Waals surface area contributed by atoms with Crippen LogP contribution in [-0.4, -0.2) is 22.4 Å². The van der Waals surface area contributed by atoms with E-state index in [0.29, 0.717) is 5.57 Å². The number of aliphatic hydroxyl groups is 2. The molecule has 0 heterocycles. The Morgan fingerprint density at radius 1 is 1.33 bits per heavy atom. The fourth-order valence-corrected chi connectivity index (χ4v) is 0.743. The quantitative estimate of drug-likeness (QED) is 0.492. The van der Waals surface area contributed by atoms with Crippen molar-refractivity contribution in [1.82, 2.24) is 0 Å². The van der Waals surface area contributed by atoms with Gasteiger partial charge in [0.1, 0.15) is 12.2 Å². The zero-order valence-electron chi connectivity index (χ0n) is 7.62. The standard InChI is InChI=1S/C10H16O2/c1-5-7(3)9(11)10(12)8(4)6-2/h5-6,9-12H,1,3H2,2,4H3. The summed E-state index contributed by atoms with van der Waals surface area (Å²) in [6.07, 6.45) is 1.38. The lowest BCUT2D eigenvalue weighted by Gasteiger charge is -2.18. The second-order valence-electron chi connectivity index (χ2n) is 2.70. The van der Waals surface area contributed by atoms with Crippen molar-refractivity contribution >= 4 is 0 Å². The van der Waals surface area contributed by atoms with E-state index < -0.39 is 12.2 Å². The molecule has 0 spiro atoms. The molecule has 0 aliphatic heterocycles. The molecule has 0 fully saturated rings. The Morgan fingerprint density at radius 2 is 1.83 bits per heavy atom. The minimum atomic E-state index is -0.946. The average Bonchev–Trinajstić information content (AvgIpc) is 2.12. The van der Waals surface area contributed by atoms with Gasteiger partial charge in [-0.15, -0.1) is 0 Å². The summed E-state index contributed by atoms with van der Waals surface area (Å²) in [6.45, 7) is 10.6. The van der Waals surface area contributed by atoms with Gasteiger partial charge in [-0.2, -0.15) is 0 Å². The van der Waals surface area contributed by atoms with E-state index in [1.807, 2.05) is 6.92 Å². The van der Waals surface area contributed by atoms with E-state index in [1.165, 1.54) is 6.08 Å². The first-order valence-electron chi connectivity index (χ1n) is 3.84. The molecule has 2 N–H and O–H groups in total. The van der Waals surface area contributed by atoms with Gasteiger partial charge in [-0.05, 0) is 25.0 Å². The van der Waals surface area contributed by atoms with Gasteiger partial charge >= 0.3 is 0 Å². The van der Waals surface area contributed by atoms with Crippen LogP contribution >= 0.6 is 0 Å². The molecule has 0 radical (unpaired) electrons. The van der Waals surface area contributed by atoms with Crippen LogP contribution in [0.15, 0.2) is 36.5 Å². The molecule has 2 nitrogen and oxygen atoms in total. The van der Waals surface area contributed by atoms with Gasteiger partial charge in [0.25, 0.3) is 0 Å². The maximum atomic E-state index is 9.46. The highest BCUT2D eigenvalue weighted by Crippen LogP contribution is 2.12. The van der Waals surface area contributed by atoms with Crippen molar-refractivity contribution in [2.24, 2.45) is 0 Å². The third kappa shape index (κ3) is 2.64. The number of allylic oxidation sites excluding steroid dienone is 1. The lowest BCUT2D eigenvalue weighted by atomic mass is 10.0. The first-order chi connectivity index (χ1) is 5.54. The van der Waals surface area contributed by atoms with E-state index in [0.717, 1.165) is 5.57 Å². The summed E-state index contributed by atoms with van der Waals surface area (Å²) in [4.78, 5) is 0. The highest BCUT2D eigenvalue weighted by Gasteiger charge is 2.18. The molecule has 0 aromatic heterocycles. The molecule has 0 aliphatic carbocycles. The van der Waals surface area contributed by atoms with E-state index in [9.17, 15) is 10.2 Å². The Kier molecular flexibility index (Phi) is 4.55. The average molecular weight is 168 g/mol. The Balaban J connectivity index is 4.38. The molecule has 0 aliphatic rings. The summed E-state index contributed by atoms with van der Waals surface area (Å²) < 4.78 is 0. The van der Waals surface area contributed by atoms with Crippen LogP contribution in [0.3, 0.4) is 0 Å². The molecular weight excluding hydrogens is 152 g/mol. The zero-order valence-corrected chi connectivity index (χ0v) is 7.62. The molecule has 2 heteroatoms. The van der Waals surface area contributed by atoms with Gasteiger partial charge in [-0.25, -0.2) is 0 Å². The van der Waals surface area contributed by atoms with Gasteiger partial charge in [-0.1, -0.05) is 25.3 Å². The van der Waals surface area contributed by atoms with Gasteiger partial charge in [0.2, 0.25) is 0 Å². The number of hydrogen-bond donors (Lipinski definition) is 2. The van der Waals surface area contributed by atoms with E-state index in [4.69, 9.17) is 0 Å². The fraction of sp³-hybridized carbons (Fsp3) is 0.400. The molecule has 12 heavy (non-hydrogen) atoms. The van der Waals surface area contributed by atoms with Crippen molar-refractivity contribution in [3.8, 4) is 0 Å². The first-order valence-corrected chi connectivity index (χ1v) is 3.84. The van der Waals surface area contributed by atoms with Crippen molar-refractivity contribution in [3.05, 3.63) is 36.5 Å². The van der Waals surface area contributed by atoms with Gasteiger partial charge in [0, 0.05) is 0 Å². The highest BCUT2D eigenvalue weighted by atomic mass is 16.3. The second-order valence-corrected chi connectivity index (χ2v) is 2.70. The Hall–Kier alpha value is -0.860. The fourth-order valence-electron chi connectivity index (χ4n) is 0.743. The maximum absolute atomic E-state index is 9.46. The van der Waals surface area contributed by atoms with E-state index in [2.05, 4.69) is 13.2 Å². The zero-order chi connectivity index (χ0) is 9.72. The molecule has 0 saturated carbocycles. The van der Waals surface area contributed by atoms with Crippen LogP contribution in [0.2, 0.25) is 0 Å². The molecule has 68 valence electrons. The maximum Gasteiger partial charge on any atom is 0.108 e. The van der Waals surface area contributed by atoms with Crippen molar-refractivity contribution in [1.29, 1.82) is 0 Å². The molecule has 2 unspecified atom stereocenters. The van der Waals surface area contributed by atoms with E-state index in [-0.39, 0.29) is 0 Å². The predicted octanol–water partition coefficient (Wildman–Crippen LogP) is 1.42. The molecule has 0 rings (SSSR count). The second kappa shape index (κ2) is 4.91. The topological polar surface area (TPSA) is 40.5 Å². The van der Waals surface area contributed by atoms with Gasteiger partial charge in [-0.3, -0.25) is 0 Å². The van der Waals surface area contributed by atoms with Gasteiger partial charge < -0.3 is 10.2 Å².